The van der Waals surface area contributed by atoms with E-state index in [0.29, 0.717) is 13.0 Å². The highest BCUT2D eigenvalue weighted by Gasteiger charge is 1.91. The minimum Gasteiger partial charge on any atom is -0.384 e. The SMILES string of the molecule is N#CCCNc1ccc(F)cc1. The molecule has 0 atom stereocenters. The van der Waals surface area contributed by atoms with Gasteiger partial charge in [-0.15, -0.1) is 0 Å². The molecule has 0 bridgehead atoms. The minimum absolute atomic E-state index is 0.249. The molecule has 62 valence electrons. The lowest BCUT2D eigenvalue weighted by Crippen LogP contribution is -1.99. The summed E-state index contributed by atoms with van der Waals surface area (Å²) in [4.78, 5) is 0. The van der Waals surface area contributed by atoms with Gasteiger partial charge in [0.15, 0.2) is 0 Å². The summed E-state index contributed by atoms with van der Waals surface area (Å²) in [7, 11) is 0. The number of nitriles is 1. The van der Waals surface area contributed by atoms with Crippen molar-refractivity contribution in [1.82, 2.24) is 0 Å². The van der Waals surface area contributed by atoms with E-state index in [1.165, 1.54) is 12.1 Å². The first-order valence-corrected chi connectivity index (χ1v) is 3.69. The number of benzene rings is 1. The van der Waals surface area contributed by atoms with Gasteiger partial charge < -0.3 is 5.32 Å². The standard InChI is InChI=1S/C9H9FN2/c10-8-2-4-9(5-3-8)12-7-1-6-11/h2-5,12H,1,7H2. The van der Waals surface area contributed by atoms with Crippen molar-refractivity contribution in [3.63, 3.8) is 0 Å². The smallest absolute Gasteiger partial charge is 0.123 e. The molecule has 0 fully saturated rings. The number of hydrogen-bond donors (Lipinski definition) is 1. The molecule has 2 nitrogen and oxygen atoms in total. The molecular weight excluding hydrogens is 155 g/mol. The average Bonchev–Trinajstić information content (AvgIpc) is 2.09. The van der Waals surface area contributed by atoms with Gasteiger partial charge in [0.25, 0.3) is 0 Å². The van der Waals surface area contributed by atoms with E-state index in [-0.39, 0.29) is 5.82 Å². The van der Waals surface area contributed by atoms with Gasteiger partial charge in [-0.1, -0.05) is 0 Å². The second kappa shape index (κ2) is 4.35. The Morgan fingerprint density at radius 1 is 1.33 bits per heavy atom. The number of hydrogen-bond acceptors (Lipinski definition) is 2. The predicted octanol–water partition coefficient (Wildman–Crippen LogP) is 2.15. The molecule has 0 spiro atoms. The van der Waals surface area contributed by atoms with Crippen molar-refractivity contribution in [2.24, 2.45) is 0 Å². The van der Waals surface area contributed by atoms with E-state index in [2.05, 4.69) is 5.32 Å². The molecule has 1 aromatic carbocycles. The zero-order chi connectivity index (χ0) is 8.81. The quantitative estimate of drug-likeness (QED) is 0.695. The number of rotatable bonds is 3. The largest absolute Gasteiger partial charge is 0.384 e. The molecule has 0 heterocycles. The zero-order valence-electron chi connectivity index (χ0n) is 6.55. The third kappa shape index (κ3) is 2.59. The molecule has 0 radical (unpaired) electrons. The summed E-state index contributed by atoms with van der Waals surface area (Å²) in [5.41, 5.74) is 0.839. The van der Waals surface area contributed by atoms with Crippen LogP contribution in [0, 0.1) is 17.1 Å². The molecule has 12 heavy (non-hydrogen) atoms. The first-order valence-electron chi connectivity index (χ1n) is 3.69. The molecular formula is C9H9FN2. The van der Waals surface area contributed by atoms with Crippen molar-refractivity contribution in [1.29, 1.82) is 5.26 Å². The Balaban J connectivity index is 2.43. The van der Waals surface area contributed by atoms with Crippen LogP contribution in [-0.2, 0) is 0 Å². The molecule has 0 saturated carbocycles. The van der Waals surface area contributed by atoms with Gasteiger partial charge in [0.1, 0.15) is 5.82 Å². The van der Waals surface area contributed by atoms with Crippen molar-refractivity contribution < 1.29 is 4.39 Å². The summed E-state index contributed by atoms with van der Waals surface area (Å²) in [6.45, 7) is 0.599. The maximum atomic E-state index is 12.4. The number of halogens is 1. The predicted molar refractivity (Wildman–Crippen MR) is 45.1 cm³/mol. The first kappa shape index (κ1) is 8.54. The molecule has 0 unspecified atom stereocenters. The van der Waals surface area contributed by atoms with Gasteiger partial charge in [-0.3, -0.25) is 0 Å². The Kier molecular flexibility index (Phi) is 3.09. The van der Waals surface area contributed by atoms with Crippen molar-refractivity contribution in [2.45, 2.75) is 6.42 Å². The Morgan fingerprint density at radius 2 is 2.00 bits per heavy atom. The number of nitrogens with zero attached hydrogens (tertiary/aromatic N) is 1. The summed E-state index contributed by atoms with van der Waals surface area (Å²) in [5.74, 6) is -0.249. The summed E-state index contributed by atoms with van der Waals surface area (Å²) in [6.07, 6.45) is 0.456. The molecule has 0 aromatic heterocycles. The number of nitrogens with one attached hydrogen (secondary N) is 1. The van der Waals surface area contributed by atoms with Crippen LogP contribution in [0.2, 0.25) is 0 Å². The van der Waals surface area contributed by atoms with Crippen LogP contribution in [0.25, 0.3) is 0 Å². The fraction of sp³-hybridized carbons (Fsp3) is 0.222. The van der Waals surface area contributed by atoms with Crippen LogP contribution in [0.5, 0.6) is 0 Å². The van der Waals surface area contributed by atoms with Crippen molar-refractivity contribution >= 4 is 5.69 Å². The molecule has 1 rings (SSSR count). The van der Waals surface area contributed by atoms with Crippen LogP contribution >= 0.6 is 0 Å². The van der Waals surface area contributed by atoms with E-state index in [9.17, 15) is 4.39 Å². The highest BCUT2D eigenvalue weighted by molar-refractivity contribution is 5.42. The van der Waals surface area contributed by atoms with Crippen LogP contribution in [0.1, 0.15) is 6.42 Å². The fourth-order valence-corrected chi connectivity index (χ4v) is 0.830. The maximum Gasteiger partial charge on any atom is 0.123 e. The summed E-state index contributed by atoms with van der Waals surface area (Å²) in [5, 5.41) is 11.2. The minimum atomic E-state index is -0.249. The lowest BCUT2D eigenvalue weighted by atomic mass is 10.3. The van der Waals surface area contributed by atoms with E-state index in [1.807, 2.05) is 6.07 Å². The topological polar surface area (TPSA) is 35.8 Å². The zero-order valence-corrected chi connectivity index (χ0v) is 6.55. The molecule has 3 heteroatoms. The summed E-state index contributed by atoms with van der Waals surface area (Å²) in [6, 6.07) is 8.07. The maximum absolute atomic E-state index is 12.4. The van der Waals surface area contributed by atoms with Crippen LogP contribution in [0.3, 0.4) is 0 Å². The van der Waals surface area contributed by atoms with Gasteiger partial charge in [-0.05, 0) is 24.3 Å². The Hall–Kier alpha value is -1.56. The normalized spacial score (nSPS) is 9.00. The summed E-state index contributed by atoms with van der Waals surface area (Å²) < 4.78 is 12.4. The van der Waals surface area contributed by atoms with E-state index < -0.39 is 0 Å². The first-order chi connectivity index (χ1) is 5.83. The molecule has 1 N–H and O–H groups in total. The van der Waals surface area contributed by atoms with E-state index in [1.54, 1.807) is 12.1 Å². The second-order valence-corrected chi connectivity index (χ2v) is 2.34. The molecule has 0 aliphatic rings. The van der Waals surface area contributed by atoms with Gasteiger partial charge >= 0.3 is 0 Å². The van der Waals surface area contributed by atoms with Crippen molar-refractivity contribution in [2.75, 3.05) is 11.9 Å². The molecule has 1 aromatic rings. The van der Waals surface area contributed by atoms with Gasteiger partial charge in [-0.2, -0.15) is 5.26 Å². The molecule has 0 saturated heterocycles. The van der Waals surface area contributed by atoms with E-state index >= 15 is 0 Å². The van der Waals surface area contributed by atoms with Crippen LogP contribution in [-0.4, -0.2) is 6.54 Å². The van der Waals surface area contributed by atoms with Gasteiger partial charge in [0.05, 0.1) is 12.5 Å². The van der Waals surface area contributed by atoms with E-state index in [0.717, 1.165) is 5.69 Å². The fourth-order valence-electron chi connectivity index (χ4n) is 0.830. The molecule has 0 aliphatic carbocycles. The van der Waals surface area contributed by atoms with Crippen molar-refractivity contribution in [3.05, 3.63) is 30.1 Å². The Bertz CT molecular complexity index is 274. The van der Waals surface area contributed by atoms with Crippen LogP contribution in [0.4, 0.5) is 10.1 Å². The van der Waals surface area contributed by atoms with Gasteiger partial charge in [0, 0.05) is 12.2 Å². The highest BCUT2D eigenvalue weighted by Crippen LogP contribution is 2.07. The van der Waals surface area contributed by atoms with Crippen LogP contribution in [0.15, 0.2) is 24.3 Å². The highest BCUT2D eigenvalue weighted by atomic mass is 19.1. The van der Waals surface area contributed by atoms with E-state index in [4.69, 9.17) is 5.26 Å². The summed E-state index contributed by atoms with van der Waals surface area (Å²) >= 11 is 0. The van der Waals surface area contributed by atoms with Crippen molar-refractivity contribution in [3.8, 4) is 6.07 Å². The molecule has 0 aliphatic heterocycles. The Labute approximate surface area is 70.6 Å². The lowest BCUT2D eigenvalue weighted by molar-refractivity contribution is 0.628. The Morgan fingerprint density at radius 3 is 2.58 bits per heavy atom. The third-order valence-electron chi connectivity index (χ3n) is 1.41. The third-order valence-corrected chi connectivity index (χ3v) is 1.41. The van der Waals surface area contributed by atoms with Gasteiger partial charge in [-0.25, -0.2) is 4.39 Å². The van der Waals surface area contributed by atoms with Gasteiger partial charge in [0.2, 0.25) is 0 Å². The van der Waals surface area contributed by atoms with Crippen LogP contribution < -0.4 is 5.32 Å². The molecule has 0 amide bonds. The second-order valence-electron chi connectivity index (χ2n) is 2.34. The lowest BCUT2D eigenvalue weighted by Gasteiger charge is -2.01. The average molecular weight is 164 g/mol. The monoisotopic (exact) mass is 164 g/mol. The number of anilines is 1.